The van der Waals surface area contributed by atoms with E-state index in [9.17, 15) is 0 Å². The highest BCUT2D eigenvalue weighted by molar-refractivity contribution is 5.23. The number of nitrogens with one attached hydrogen (secondary N) is 1. The van der Waals surface area contributed by atoms with Crippen molar-refractivity contribution >= 4 is 0 Å². The smallest absolute Gasteiger partial charge is 0.213 e. The summed E-state index contributed by atoms with van der Waals surface area (Å²) in [5.41, 5.74) is 1.11. The van der Waals surface area contributed by atoms with Crippen LogP contribution in [0.5, 0.6) is 5.88 Å². The molecule has 2 unspecified atom stereocenters. The zero-order valence-corrected chi connectivity index (χ0v) is 9.06. The lowest BCUT2D eigenvalue weighted by Gasteiger charge is -2.29. The SMILES string of the molecule is COc1cc(C2CNCC(C)O2)ccn1. The Hall–Kier alpha value is -1.13. The molecule has 4 heteroatoms. The van der Waals surface area contributed by atoms with E-state index >= 15 is 0 Å². The van der Waals surface area contributed by atoms with Gasteiger partial charge in [-0.05, 0) is 18.6 Å². The molecular formula is C11H16N2O2. The maximum atomic E-state index is 5.83. The number of nitrogens with zero attached hydrogens (tertiary/aromatic N) is 1. The third-order valence-corrected chi connectivity index (χ3v) is 2.50. The lowest BCUT2D eigenvalue weighted by Crippen LogP contribution is -2.38. The molecule has 0 amide bonds. The van der Waals surface area contributed by atoms with Gasteiger partial charge in [0.2, 0.25) is 5.88 Å². The lowest BCUT2D eigenvalue weighted by atomic mass is 10.1. The maximum absolute atomic E-state index is 5.83. The Bertz CT molecular complexity index is 330. The van der Waals surface area contributed by atoms with E-state index < -0.39 is 0 Å². The van der Waals surface area contributed by atoms with Gasteiger partial charge in [-0.1, -0.05) is 0 Å². The van der Waals surface area contributed by atoms with Gasteiger partial charge in [0.15, 0.2) is 0 Å². The summed E-state index contributed by atoms with van der Waals surface area (Å²) < 4.78 is 10.9. The van der Waals surface area contributed by atoms with Crippen molar-refractivity contribution in [1.82, 2.24) is 10.3 Å². The van der Waals surface area contributed by atoms with E-state index in [0.717, 1.165) is 18.7 Å². The van der Waals surface area contributed by atoms with Crippen LogP contribution in [0.2, 0.25) is 0 Å². The summed E-state index contributed by atoms with van der Waals surface area (Å²) in [6.07, 6.45) is 2.10. The Morgan fingerprint density at radius 3 is 3.13 bits per heavy atom. The summed E-state index contributed by atoms with van der Waals surface area (Å²) in [4.78, 5) is 4.07. The van der Waals surface area contributed by atoms with E-state index in [-0.39, 0.29) is 12.2 Å². The third kappa shape index (κ3) is 2.46. The number of rotatable bonds is 2. The predicted molar refractivity (Wildman–Crippen MR) is 56.9 cm³/mol. The molecule has 1 aliphatic rings. The first-order chi connectivity index (χ1) is 7.29. The molecule has 0 bridgehead atoms. The van der Waals surface area contributed by atoms with Crippen molar-refractivity contribution in [2.24, 2.45) is 0 Å². The second-order valence-corrected chi connectivity index (χ2v) is 3.73. The molecule has 0 spiro atoms. The average molecular weight is 208 g/mol. The number of ether oxygens (including phenoxy) is 2. The van der Waals surface area contributed by atoms with Crippen molar-refractivity contribution in [3.63, 3.8) is 0 Å². The van der Waals surface area contributed by atoms with Gasteiger partial charge in [0.05, 0.1) is 19.3 Å². The number of aromatic nitrogens is 1. The average Bonchev–Trinajstić information content (AvgIpc) is 2.29. The zero-order valence-electron chi connectivity index (χ0n) is 9.06. The fourth-order valence-electron chi connectivity index (χ4n) is 1.73. The summed E-state index contributed by atoms with van der Waals surface area (Å²) in [6, 6.07) is 3.89. The molecule has 1 N–H and O–H groups in total. The molecule has 15 heavy (non-hydrogen) atoms. The topological polar surface area (TPSA) is 43.4 Å². The minimum Gasteiger partial charge on any atom is -0.481 e. The molecule has 4 nitrogen and oxygen atoms in total. The van der Waals surface area contributed by atoms with Crippen LogP contribution in [0.15, 0.2) is 18.3 Å². The Balaban J connectivity index is 2.13. The van der Waals surface area contributed by atoms with Crippen molar-refractivity contribution in [3.8, 4) is 5.88 Å². The largest absolute Gasteiger partial charge is 0.481 e. The van der Waals surface area contributed by atoms with Gasteiger partial charge in [-0.3, -0.25) is 0 Å². The van der Waals surface area contributed by atoms with Crippen molar-refractivity contribution in [1.29, 1.82) is 0 Å². The summed E-state index contributed by atoms with van der Waals surface area (Å²) >= 11 is 0. The first-order valence-electron chi connectivity index (χ1n) is 5.15. The molecule has 0 saturated carbocycles. The summed E-state index contributed by atoms with van der Waals surface area (Å²) in [5, 5.41) is 3.33. The molecule has 1 saturated heterocycles. The number of morpholine rings is 1. The second-order valence-electron chi connectivity index (χ2n) is 3.73. The van der Waals surface area contributed by atoms with E-state index in [1.807, 2.05) is 12.1 Å². The van der Waals surface area contributed by atoms with Crippen LogP contribution in [0.1, 0.15) is 18.6 Å². The Labute approximate surface area is 89.6 Å². The molecule has 1 aromatic rings. The minimum absolute atomic E-state index is 0.102. The minimum atomic E-state index is 0.102. The molecule has 0 aromatic carbocycles. The molecule has 2 atom stereocenters. The van der Waals surface area contributed by atoms with E-state index in [4.69, 9.17) is 9.47 Å². The maximum Gasteiger partial charge on any atom is 0.213 e. The number of methoxy groups -OCH3 is 1. The highest BCUT2D eigenvalue weighted by atomic mass is 16.5. The highest BCUT2D eigenvalue weighted by Gasteiger charge is 2.20. The van der Waals surface area contributed by atoms with Crippen molar-refractivity contribution in [2.45, 2.75) is 19.1 Å². The standard InChI is InChI=1S/C11H16N2O2/c1-8-6-12-7-10(15-8)9-3-4-13-11(5-9)14-2/h3-5,8,10,12H,6-7H2,1-2H3. The van der Waals surface area contributed by atoms with Gasteiger partial charge in [-0.2, -0.15) is 0 Å². The molecular weight excluding hydrogens is 192 g/mol. The van der Waals surface area contributed by atoms with E-state index in [0.29, 0.717) is 5.88 Å². The normalized spacial score (nSPS) is 26.3. The van der Waals surface area contributed by atoms with Crippen LogP contribution in [0.4, 0.5) is 0 Å². The van der Waals surface area contributed by atoms with Crippen LogP contribution >= 0.6 is 0 Å². The fourth-order valence-corrected chi connectivity index (χ4v) is 1.73. The molecule has 1 aromatic heterocycles. The van der Waals surface area contributed by atoms with Gasteiger partial charge in [-0.15, -0.1) is 0 Å². The van der Waals surface area contributed by atoms with E-state index in [1.165, 1.54) is 0 Å². The Morgan fingerprint density at radius 1 is 1.53 bits per heavy atom. The van der Waals surface area contributed by atoms with Crippen LogP contribution in [0, 0.1) is 0 Å². The quantitative estimate of drug-likeness (QED) is 0.791. The van der Waals surface area contributed by atoms with Crippen LogP contribution in [0.25, 0.3) is 0 Å². The number of hydrogen-bond donors (Lipinski definition) is 1. The summed E-state index contributed by atoms with van der Waals surface area (Å²) in [7, 11) is 1.62. The molecule has 82 valence electrons. The van der Waals surface area contributed by atoms with Crippen LogP contribution in [-0.4, -0.2) is 31.3 Å². The fraction of sp³-hybridized carbons (Fsp3) is 0.545. The molecule has 1 aliphatic heterocycles. The van der Waals surface area contributed by atoms with E-state index in [1.54, 1.807) is 13.3 Å². The van der Waals surface area contributed by atoms with Crippen LogP contribution in [-0.2, 0) is 4.74 Å². The zero-order chi connectivity index (χ0) is 10.7. The van der Waals surface area contributed by atoms with Gasteiger partial charge in [-0.25, -0.2) is 4.98 Å². The molecule has 2 rings (SSSR count). The molecule has 1 fully saturated rings. The Kier molecular flexibility index (Phi) is 3.18. The van der Waals surface area contributed by atoms with Gasteiger partial charge in [0.25, 0.3) is 0 Å². The van der Waals surface area contributed by atoms with Gasteiger partial charge >= 0.3 is 0 Å². The summed E-state index contributed by atoms with van der Waals surface area (Å²) in [6.45, 7) is 3.83. The number of pyridine rings is 1. The lowest BCUT2D eigenvalue weighted by molar-refractivity contribution is -0.0288. The monoisotopic (exact) mass is 208 g/mol. The number of hydrogen-bond acceptors (Lipinski definition) is 4. The van der Waals surface area contributed by atoms with Crippen LogP contribution < -0.4 is 10.1 Å². The van der Waals surface area contributed by atoms with Crippen molar-refractivity contribution in [2.75, 3.05) is 20.2 Å². The van der Waals surface area contributed by atoms with Gasteiger partial charge in [0.1, 0.15) is 0 Å². The van der Waals surface area contributed by atoms with Crippen molar-refractivity contribution < 1.29 is 9.47 Å². The molecule has 0 aliphatic carbocycles. The van der Waals surface area contributed by atoms with E-state index in [2.05, 4.69) is 17.2 Å². The first kappa shape index (κ1) is 10.4. The van der Waals surface area contributed by atoms with Gasteiger partial charge < -0.3 is 14.8 Å². The Morgan fingerprint density at radius 2 is 2.40 bits per heavy atom. The third-order valence-electron chi connectivity index (χ3n) is 2.50. The molecule has 2 heterocycles. The first-order valence-corrected chi connectivity index (χ1v) is 5.15. The van der Waals surface area contributed by atoms with Crippen molar-refractivity contribution in [3.05, 3.63) is 23.9 Å². The van der Waals surface area contributed by atoms with Gasteiger partial charge in [0, 0.05) is 25.4 Å². The highest BCUT2D eigenvalue weighted by Crippen LogP contribution is 2.23. The predicted octanol–water partition coefficient (Wildman–Crippen LogP) is 1.14. The second kappa shape index (κ2) is 4.59. The summed E-state index contributed by atoms with van der Waals surface area (Å²) in [5.74, 6) is 0.634. The van der Waals surface area contributed by atoms with Crippen LogP contribution in [0.3, 0.4) is 0 Å². The molecule has 0 radical (unpaired) electrons.